The molecule has 0 heterocycles. The van der Waals surface area contributed by atoms with Gasteiger partial charge < -0.3 is 0 Å². The molecule has 3 saturated carbocycles. The SMILES string of the molecule is C=CCCc1c(F)cc(C2CCC(C3CCC4CC(CCCCCCC)CCC4C3)CC2)cc1F. The molecule has 0 saturated heterocycles. The predicted molar refractivity (Wildman–Crippen MR) is 145 cm³/mol. The maximum atomic E-state index is 14.6. The van der Waals surface area contributed by atoms with Gasteiger partial charge in [-0.15, -0.1) is 6.58 Å². The zero-order valence-corrected chi connectivity index (χ0v) is 22.4. The molecule has 4 unspecified atom stereocenters. The van der Waals surface area contributed by atoms with Gasteiger partial charge in [0.1, 0.15) is 11.6 Å². The van der Waals surface area contributed by atoms with Crippen molar-refractivity contribution in [3.63, 3.8) is 0 Å². The Balaban J connectivity index is 1.22. The fourth-order valence-corrected chi connectivity index (χ4v) is 8.02. The normalized spacial score (nSPS) is 31.2. The van der Waals surface area contributed by atoms with Crippen LogP contribution < -0.4 is 0 Å². The molecule has 1 aromatic rings. The van der Waals surface area contributed by atoms with Gasteiger partial charge in [0.25, 0.3) is 0 Å². The molecule has 1 aromatic carbocycles. The van der Waals surface area contributed by atoms with Crippen LogP contribution >= 0.6 is 0 Å². The summed E-state index contributed by atoms with van der Waals surface area (Å²) in [7, 11) is 0. The van der Waals surface area contributed by atoms with Crippen molar-refractivity contribution in [2.24, 2.45) is 29.6 Å². The van der Waals surface area contributed by atoms with E-state index < -0.39 is 0 Å². The van der Waals surface area contributed by atoms with Gasteiger partial charge in [-0.2, -0.15) is 0 Å². The van der Waals surface area contributed by atoms with Crippen LogP contribution in [0.25, 0.3) is 0 Å². The number of hydrogen-bond acceptors (Lipinski definition) is 0. The highest BCUT2D eigenvalue weighted by Crippen LogP contribution is 2.50. The summed E-state index contributed by atoms with van der Waals surface area (Å²) in [6.07, 6.45) is 24.8. The van der Waals surface area contributed by atoms with Crippen LogP contribution in [0.3, 0.4) is 0 Å². The molecule has 2 heteroatoms. The third-order valence-corrected chi connectivity index (χ3v) is 10.1. The van der Waals surface area contributed by atoms with E-state index in [4.69, 9.17) is 0 Å². The maximum absolute atomic E-state index is 14.6. The molecule has 0 N–H and O–H groups in total. The second kappa shape index (κ2) is 13.4. The third kappa shape index (κ3) is 7.20. The van der Waals surface area contributed by atoms with E-state index in [0.717, 1.165) is 48.0 Å². The van der Waals surface area contributed by atoms with Crippen LogP contribution in [-0.2, 0) is 6.42 Å². The maximum Gasteiger partial charge on any atom is 0.129 e. The first kappa shape index (κ1) is 26.9. The molecule has 0 aromatic heterocycles. The number of unbranched alkanes of at least 4 members (excludes halogenated alkanes) is 4. The van der Waals surface area contributed by atoms with Crippen LogP contribution in [-0.4, -0.2) is 0 Å². The number of hydrogen-bond donors (Lipinski definition) is 0. The van der Waals surface area contributed by atoms with Gasteiger partial charge in [-0.05, 0) is 124 Å². The fraction of sp³-hybridized carbons (Fsp3) is 0.758. The highest BCUT2D eigenvalue weighted by Gasteiger charge is 2.38. The van der Waals surface area contributed by atoms with Crippen LogP contribution in [0.15, 0.2) is 24.8 Å². The predicted octanol–water partition coefficient (Wildman–Crippen LogP) is 10.6. The summed E-state index contributed by atoms with van der Waals surface area (Å²) in [6, 6.07) is 3.25. The summed E-state index contributed by atoms with van der Waals surface area (Å²) in [5.41, 5.74) is 1.11. The lowest BCUT2D eigenvalue weighted by Gasteiger charge is -2.45. The second-order valence-electron chi connectivity index (χ2n) is 12.4. The smallest absolute Gasteiger partial charge is 0.129 e. The minimum atomic E-state index is -0.362. The first-order valence-electron chi connectivity index (χ1n) is 15.2. The quantitative estimate of drug-likeness (QED) is 0.216. The first-order chi connectivity index (χ1) is 17.1. The van der Waals surface area contributed by atoms with E-state index in [1.54, 1.807) is 18.2 Å². The topological polar surface area (TPSA) is 0 Å². The summed E-state index contributed by atoms with van der Waals surface area (Å²) in [5, 5.41) is 0. The number of halogens is 2. The van der Waals surface area contributed by atoms with Gasteiger partial charge in [-0.3, -0.25) is 0 Å². The molecule has 4 atom stereocenters. The summed E-state index contributed by atoms with van der Waals surface area (Å²) in [4.78, 5) is 0. The highest BCUT2D eigenvalue weighted by molar-refractivity contribution is 5.29. The van der Waals surface area contributed by atoms with Crippen molar-refractivity contribution in [1.82, 2.24) is 0 Å². The van der Waals surface area contributed by atoms with Crippen molar-refractivity contribution in [2.45, 2.75) is 128 Å². The average molecular weight is 485 g/mol. The Morgan fingerprint density at radius 2 is 1.37 bits per heavy atom. The molecular formula is C33H50F2. The monoisotopic (exact) mass is 484 g/mol. The van der Waals surface area contributed by atoms with E-state index in [1.165, 1.54) is 89.9 Å². The van der Waals surface area contributed by atoms with Crippen molar-refractivity contribution in [1.29, 1.82) is 0 Å². The standard InChI is InChI=1S/C33H50F2/c1-3-5-7-8-9-10-24-12-13-29-21-28(19-18-27(29)20-24)25-14-16-26(17-15-25)30-22-32(34)31(11-6-4-2)33(35)23-30/h4,22-29H,2-3,5-21H2,1H3. The zero-order chi connectivity index (χ0) is 24.6. The third-order valence-electron chi connectivity index (χ3n) is 10.1. The lowest BCUT2D eigenvalue weighted by atomic mass is 9.60. The van der Waals surface area contributed by atoms with Gasteiger partial charge in [0.15, 0.2) is 0 Å². The van der Waals surface area contributed by atoms with Crippen molar-refractivity contribution in [2.75, 3.05) is 0 Å². The van der Waals surface area contributed by atoms with E-state index >= 15 is 0 Å². The average Bonchev–Trinajstić information content (AvgIpc) is 2.88. The minimum Gasteiger partial charge on any atom is -0.207 e. The van der Waals surface area contributed by atoms with Crippen molar-refractivity contribution < 1.29 is 8.78 Å². The van der Waals surface area contributed by atoms with Crippen molar-refractivity contribution >= 4 is 0 Å². The summed E-state index contributed by atoms with van der Waals surface area (Å²) >= 11 is 0. The summed E-state index contributed by atoms with van der Waals surface area (Å²) < 4.78 is 29.2. The molecule has 0 bridgehead atoms. The van der Waals surface area contributed by atoms with Gasteiger partial charge in [0, 0.05) is 5.56 Å². The molecular weight excluding hydrogens is 434 g/mol. The first-order valence-corrected chi connectivity index (χ1v) is 15.2. The van der Waals surface area contributed by atoms with Crippen LogP contribution in [0.4, 0.5) is 8.78 Å². The number of rotatable bonds is 11. The Labute approximate surface area is 214 Å². The number of allylic oxidation sites excluding steroid dienone is 1. The Bertz CT molecular complexity index is 767. The van der Waals surface area contributed by atoms with Gasteiger partial charge >= 0.3 is 0 Å². The molecule has 3 fully saturated rings. The van der Waals surface area contributed by atoms with Gasteiger partial charge in [-0.1, -0.05) is 57.9 Å². The molecule has 3 aliphatic rings. The molecule has 0 radical (unpaired) electrons. The lowest BCUT2D eigenvalue weighted by Crippen LogP contribution is -2.34. The highest BCUT2D eigenvalue weighted by atomic mass is 19.1. The van der Waals surface area contributed by atoms with Gasteiger partial charge in [0.2, 0.25) is 0 Å². The Morgan fingerprint density at radius 3 is 2.06 bits per heavy atom. The van der Waals surface area contributed by atoms with E-state index in [9.17, 15) is 8.78 Å². The number of benzene rings is 1. The van der Waals surface area contributed by atoms with E-state index in [2.05, 4.69) is 13.5 Å². The Kier molecular flexibility index (Phi) is 10.3. The van der Waals surface area contributed by atoms with Crippen molar-refractivity contribution in [3.8, 4) is 0 Å². The Hall–Kier alpha value is -1.18. The van der Waals surface area contributed by atoms with Crippen LogP contribution in [0, 0.1) is 41.2 Å². The molecule has 0 nitrogen and oxygen atoms in total. The largest absolute Gasteiger partial charge is 0.207 e. The van der Waals surface area contributed by atoms with Crippen LogP contribution in [0.1, 0.15) is 133 Å². The summed E-state index contributed by atoms with van der Waals surface area (Å²) in [6.45, 7) is 5.97. The minimum absolute atomic E-state index is 0.227. The Morgan fingerprint density at radius 1 is 0.771 bits per heavy atom. The molecule has 0 amide bonds. The molecule has 196 valence electrons. The van der Waals surface area contributed by atoms with Gasteiger partial charge in [0.05, 0.1) is 0 Å². The molecule has 35 heavy (non-hydrogen) atoms. The molecule has 4 rings (SSSR count). The van der Waals surface area contributed by atoms with Crippen LogP contribution in [0.2, 0.25) is 0 Å². The zero-order valence-electron chi connectivity index (χ0n) is 22.4. The molecule has 3 aliphatic carbocycles. The van der Waals surface area contributed by atoms with Crippen molar-refractivity contribution in [3.05, 3.63) is 47.5 Å². The van der Waals surface area contributed by atoms with E-state index in [0.29, 0.717) is 18.8 Å². The fourth-order valence-electron chi connectivity index (χ4n) is 8.02. The lowest BCUT2D eigenvalue weighted by molar-refractivity contribution is 0.0613. The second-order valence-corrected chi connectivity index (χ2v) is 12.4. The molecule has 0 aliphatic heterocycles. The van der Waals surface area contributed by atoms with Gasteiger partial charge in [-0.25, -0.2) is 8.78 Å². The molecule has 0 spiro atoms. The van der Waals surface area contributed by atoms with E-state index in [1.807, 2.05) is 0 Å². The van der Waals surface area contributed by atoms with E-state index in [-0.39, 0.29) is 17.2 Å². The summed E-state index contributed by atoms with van der Waals surface area (Å²) in [5.74, 6) is 4.33. The van der Waals surface area contributed by atoms with Crippen LogP contribution in [0.5, 0.6) is 0 Å². The number of fused-ring (bicyclic) bond motifs is 1.